The number of aliphatic hydroxyl groups is 1. The van der Waals surface area contributed by atoms with Crippen molar-refractivity contribution in [2.45, 2.75) is 30.3 Å². The van der Waals surface area contributed by atoms with E-state index in [4.69, 9.17) is 5.11 Å². The maximum Gasteiger partial charge on any atom is 0.243 e. The fraction of sp³-hybridized carbons (Fsp3) is 0.700. The van der Waals surface area contributed by atoms with Crippen molar-refractivity contribution in [3.63, 3.8) is 0 Å². The van der Waals surface area contributed by atoms with Crippen LogP contribution in [0, 0.1) is 0 Å². The topological polar surface area (TPSA) is 84.2 Å². The predicted molar refractivity (Wildman–Crippen MR) is 70.0 cm³/mol. The Balaban J connectivity index is 2.04. The maximum atomic E-state index is 12.1. The molecule has 8 heteroatoms. The van der Waals surface area contributed by atoms with Gasteiger partial charge in [0.2, 0.25) is 10.0 Å². The highest BCUT2D eigenvalue weighted by molar-refractivity contribution is 7.99. The van der Waals surface area contributed by atoms with Crippen molar-refractivity contribution in [3.8, 4) is 0 Å². The van der Waals surface area contributed by atoms with Crippen LogP contribution in [0.15, 0.2) is 17.3 Å². The van der Waals surface area contributed by atoms with E-state index in [1.54, 1.807) is 11.8 Å². The summed E-state index contributed by atoms with van der Waals surface area (Å²) in [6.45, 7) is 0.239. The van der Waals surface area contributed by atoms with Gasteiger partial charge in [-0.2, -0.15) is 16.9 Å². The minimum atomic E-state index is -3.49. The number of sulfonamides is 1. The Morgan fingerprint density at radius 2 is 2.44 bits per heavy atom. The van der Waals surface area contributed by atoms with Gasteiger partial charge in [0.1, 0.15) is 4.90 Å². The molecule has 102 valence electrons. The van der Waals surface area contributed by atoms with Crippen molar-refractivity contribution in [3.05, 3.63) is 12.4 Å². The fourth-order valence-electron chi connectivity index (χ4n) is 1.83. The number of hydrogen-bond acceptors (Lipinski definition) is 5. The van der Waals surface area contributed by atoms with E-state index < -0.39 is 10.0 Å². The average molecular weight is 291 g/mol. The summed E-state index contributed by atoms with van der Waals surface area (Å²) in [4.78, 5) is 0.159. The Hall–Kier alpha value is -0.570. The quantitative estimate of drug-likeness (QED) is 0.801. The van der Waals surface area contributed by atoms with Gasteiger partial charge in [-0.1, -0.05) is 0 Å². The van der Waals surface area contributed by atoms with E-state index in [0.717, 1.165) is 24.3 Å². The highest BCUT2D eigenvalue weighted by Gasteiger charge is 2.23. The summed E-state index contributed by atoms with van der Waals surface area (Å²) < 4.78 is 28.3. The molecule has 0 saturated carbocycles. The second kappa shape index (κ2) is 6.05. The molecule has 1 atom stereocenters. The molecule has 1 aliphatic heterocycles. The van der Waals surface area contributed by atoms with Crippen LogP contribution in [-0.4, -0.2) is 47.5 Å². The summed E-state index contributed by atoms with van der Waals surface area (Å²) in [6, 6.07) is 0.00921. The van der Waals surface area contributed by atoms with Gasteiger partial charge in [0, 0.05) is 18.0 Å². The Morgan fingerprint density at radius 1 is 1.61 bits per heavy atom. The smallest absolute Gasteiger partial charge is 0.243 e. The number of aliphatic hydroxyl groups excluding tert-OH is 1. The lowest BCUT2D eigenvalue weighted by atomic mass is 10.2. The van der Waals surface area contributed by atoms with Gasteiger partial charge in [0.15, 0.2) is 0 Å². The minimum absolute atomic E-state index is 0.00921. The minimum Gasteiger partial charge on any atom is -0.394 e. The standard InChI is InChI=1S/C10H17N3O3S2/c14-4-3-13-7-10(6-11-13)18(15,16)12-9-2-1-5-17-8-9/h6-7,9,12,14H,1-5,8H2. The molecular weight excluding hydrogens is 274 g/mol. The monoisotopic (exact) mass is 291 g/mol. The Kier molecular flexibility index (Phi) is 4.66. The van der Waals surface area contributed by atoms with E-state index in [2.05, 4.69) is 9.82 Å². The molecule has 0 bridgehead atoms. The van der Waals surface area contributed by atoms with Gasteiger partial charge in [-0.15, -0.1) is 0 Å². The van der Waals surface area contributed by atoms with Crippen LogP contribution in [0.25, 0.3) is 0 Å². The van der Waals surface area contributed by atoms with Crippen molar-refractivity contribution in [1.82, 2.24) is 14.5 Å². The molecule has 1 aromatic heterocycles. The summed E-state index contributed by atoms with van der Waals surface area (Å²) in [5.74, 6) is 1.93. The first-order valence-corrected chi connectivity index (χ1v) is 8.49. The van der Waals surface area contributed by atoms with E-state index in [0.29, 0.717) is 6.54 Å². The van der Waals surface area contributed by atoms with E-state index in [9.17, 15) is 8.42 Å². The molecule has 0 aliphatic carbocycles. The summed E-state index contributed by atoms with van der Waals surface area (Å²) in [7, 11) is -3.49. The van der Waals surface area contributed by atoms with Crippen molar-refractivity contribution < 1.29 is 13.5 Å². The van der Waals surface area contributed by atoms with Crippen LogP contribution < -0.4 is 4.72 Å². The third-order valence-corrected chi connectivity index (χ3v) is 5.42. The van der Waals surface area contributed by atoms with Crippen LogP contribution in [0.1, 0.15) is 12.8 Å². The van der Waals surface area contributed by atoms with Crippen molar-refractivity contribution in [2.75, 3.05) is 18.1 Å². The van der Waals surface area contributed by atoms with E-state index >= 15 is 0 Å². The van der Waals surface area contributed by atoms with Crippen LogP contribution in [0.5, 0.6) is 0 Å². The molecule has 0 radical (unpaired) electrons. The predicted octanol–water partition coefficient (Wildman–Crippen LogP) is 0.0493. The summed E-state index contributed by atoms with van der Waals surface area (Å²) in [5.41, 5.74) is 0. The Labute approximate surface area is 111 Å². The van der Waals surface area contributed by atoms with Crippen LogP contribution in [0.2, 0.25) is 0 Å². The summed E-state index contributed by atoms with van der Waals surface area (Å²) >= 11 is 1.77. The molecule has 0 amide bonds. The summed E-state index contributed by atoms with van der Waals surface area (Å²) in [5, 5.41) is 12.7. The molecule has 1 aromatic rings. The highest BCUT2D eigenvalue weighted by atomic mass is 32.2. The Bertz CT molecular complexity index is 480. The lowest BCUT2D eigenvalue weighted by Gasteiger charge is -2.21. The van der Waals surface area contributed by atoms with Crippen LogP contribution >= 0.6 is 11.8 Å². The van der Waals surface area contributed by atoms with Gasteiger partial charge in [-0.3, -0.25) is 4.68 Å². The third kappa shape index (κ3) is 3.47. The molecule has 0 spiro atoms. The molecule has 1 fully saturated rings. The number of nitrogens with one attached hydrogen (secondary N) is 1. The van der Waals surface area contributed by atoms with E-state index in [1.807, 2.05) is 0 Å². The number of thioether (sulfide) groups is 1. The third-order valence-electron chi connectivity index (χ3n) is 2.73. The zero-order valence-corrected chi connectivity index (χ0v) is 11.6. The van der Waals surface area contributed by atoms with Gasteiger partial charge in [-0.25, -0.2) is 13.1 Å². The van der Waals surface area contributed by atoms with Gasteiger partial charge in [-0.05, 0) is 18.6 Å². The fourth-order valence-corrected chi connectivity index (χ4v) is 4.23. The zero-order chi connectivity index (χ0) is 13.0. The lowest BCUT2D eigenvalue weighted by molar-refractivity contribution is 0.269. The van der Waals surface area contributed by atoms with E-state index in [-0.39, 0.29) is 17.5 Å². The van der Waals surface area contributed by atoms with Crippen LogP contribution in [0.3, 0.4) is 0 Å². The molecule has 6 nitrogen and oxygen atoms in total. The second-order valence-corrected chi connectivity index (χ2v) is 7.06. The van der Waals surface area contributed by atoms with Crippen LogP contribution in [-0.2, 0) is 16.6 Å². The Morgan fingerprint density at radius 3 is 3.11 bits per heavy atom. The number of rotatable bonds is 5. The number of hydrogen-bond donors (Lipinski definition) is 2. The molecule has 1 aliphatic rings. The molecular formula is C10H17N3O3S2. The first-order valence-electron chi connectivity index (χ1n) is 5.85. The number of aromatic nitrogens is 2. The molecule has 0 aromatic carbocycles. The van der Waals surface area contributed by atoms with Crippen molar-refractivity contribution in [2.24, 2.45) is 0 Å². The molecule has 1 unspecified atom stereocenters. The second-order valence-electron chi connectivity index (χ2n) is 4.20. The first-order chi connectivity index (χ1) is 8.62. The maximum absolute atomic E-state index is 12.1. The average Bonchev–Trinajstić information content (AvgIpc) is 2.80. The molecule has 2 rings (SSSR count). The highest BCUT2D eigenvalue weighted by Crippen LogP contribution is 2.19. The normalized spacial score (nSPS) is 21.1. The van der Waals surface area contributed by atoms with Crippen molar-refractivity contribution >= 4 is 21.8 Å². The SMILES string of the molecule is O=S(=O)(NC1CCCSC1)c1cnn(CCO)c1. The number of nitrogens with zero attached hydrogens (tertiary/aromatic N) is 2. The first kappa shape index (κ1) is 13.9. The molecule has 2 N–H and O–H groups in total. The van der Waals surface area contributed by atoms with Crippen molar-refractivity contribution in [1.29, 1.82) is 0 Å². The van der Waals surface area contributed by atoms with Gasteiger partial charge in [0.05, 0.1) is 19.3 Å². The molecule has 18 heavy (non-hydrogen) atoms. The lowest BCUT2D eigenvalue weighted by Crippen LogP contribution is -2.38. The van der Waals surface area contributed by atoms with Gasteiger partial charge >= 0.3 is 0 Å². The van der Waals surface area contributed by atoms with E-state index in [1.165, 1.54) is 17.1 Å². The largest absolute Gasteiger partial charge is 0.394 e. The van der Waals surface area contributed by atoms with Gasteiger partial charge in [0.25, 0.3) is 0 Å². The molecule has 2 heterocycles. The molecule has 1 saturated heterocycles. The van der Waals surface area contributed by atoms with Crippen LogP contribution in [0.4, 0.5) is 0 Å². The van der Waals surface area contributed by atoms with Gasteiger partial charge < -0.3 is 5.11 Å². The summed E-state index contributed by atoms with van der Waals surface area (Å²) in [6.07, 6.45) is 4.68. The zero-order valence-electron chi connectivity index (χ0n) is 9.95.